The van der Waals surface area contributed by atoms with Gasteiger partial charge in [-0.05, 0) is 48.8 Å². The zero-order chi connectivity index (χ0) is 13.1. The molecule has 1 fully saturated rings. The van der Waals surface area contributed by atoms with Gasteiger partial charge in [0.25, 0.3) is 0 Å². The van der Waals surface area contributed by atoms with Gasteiger partial charge in [-0.2, -0.15) is 0 Å². The number of rotatable bonds is 5. The van der Waals surface area contributed by atoms with Gasteiger partial charge in [0.15, 0.2) is 0 Å². The Balaban J connectivity index is 1.71. The summed E-state index contributed by atoms with van der Waals surface area (Å²) in [5, 5.41) is 5.90. The van der Waals surface area contributed by atoms with Crippen LogP contribution in [0, 0.1) is 12.8 Å². The highest BCUT2D eigenvalue weighted by Gasteiger charge is 2.26. The molecule has 3 heteroatoms. The minimum atomic E-state index is 0.493. The normalized spacial score (nSPS) is 17.9. The van der Waals surface area contributed by atoms with Gasteiger partial charge >= 0.3 is 0 Å². The Morgan fingerprint density at radius 3 is 2.84 bits per heavy atom. The lowest BCUT2D eigenvalue weighted by Gasteiger charge is -2.23. The molecule has 0 aromatic carbocycles. The molecular formula is C16H21NOS. The Morgan fingerprint density at radius 1 is 1.37 bits per heavy atom. The standard InChI is InChI=1S/C16H21NOS/c1-12-8-9-18-14(12)11-17-16(13-5-2-3-6-13)15-7-4-10-19-15/h4,7-10,13,16-17H,2-3,5-6,11H2,1H3. The smallest absolute Gasteiger partial charge is 0.120 e. The number of hydrogen-bond acceptors (Lipinski definition) is 3. The fourth-order valence-corrected chi connectivity index (χ4v) is 3.94. The number of thiophene rings is 1. The molecule has 2 aromatic heterocycles. The van der Waals surface area contributed by atoms with Crippen LogP contribution in [0.4, 0.5) is 0 Å². The Labute approximate surface area is 118 Å². The molecule has 0 spiro atoms. The van der Waals surface area contributed by atoms with Gasteiger partial charge in [0.1, 0.15) is 5.76 Å². The highest BCUT2D eigenvalue weighted by atomic mass is 32.1. The predicted octanol–water partition coefficient (Wildman–Crippen LogP) is 4.67. The predicted molar refractivity (Wildman–Crippen MR) is 79.3 cm³/mol. The molecular weight excluding hydrogens is 254 g/mol. The molecule has 1 N–H and O–H groups in total. The summed E-state index contributed by atoms with van der Waals surface area (Å²) in [5.41, 5.74) is 1.24. The number of aryl methyl sites for hydroxylation is 1. The van der Waals surface area contributed by atoms with Crippen LogP contribution in [0.5, 0.6) is 0 Å². The van der Waals surface area contributed by atoms with Crippen molar-refractivity contribution in [3.05, 3.63) is 46.0 Å². The molecule has 1 saturated carbocycles. The number of hydrogen-bond donors (Lipinski definition) is 1. The fraction of sp³-hybridized carbons (Fsp3) is 0.500. The van der Waals surface area contributed by atoms with Crippen molar-refractivity contribution in [3.63, 3.8) is 0 Å². The zero-order valence-electron chi connectivity index (χ0n) is 11.4. The van der Waals surface area contributed by atoms with Gasteiger partial charge in [0.05, 0.1) is 12.8 Å². The average molecular weight is 275 g/mol. The summed E-state index contributed by atoms with van der Waals surface area (Å²) in [5.74, 6) is 1.86. The van der Waals surface area contributed by atoms with Crippen LogP contribution in [0.15, 0.2) is 34.3 Å². The van der Waals surface area contributed by atoms with Gasteiger partial charge in [-0.15, -0.1) is 11.3 Å². The van der Waals surface area contributed by atoms with Crippen LogP contribution >= 0.6 is 11.3 Å². The quantitative estimate of drug-likeness (QED) is 0.857. The van der Waals surface area contributed by atoms with E-state index in [1.54, 1.807) is 6.26 Å². The van der Waals surface area contributed by atoms with E-state index in [-0.39, 0.29) is 0 Å². The summed E-state index contributed by atoms with van der Waals surface area (Å²) < 4.78 is 5.54. The van der Waals surface area contributed by atoms with Crippen molar-refractivity contribution >= 4 is 11.3 Å². The highest BCUT2D eigenvalue weighted by molar-refractivity contribution is 7.10. The second-order valence-corrected chi connectivity index (χ2v) is 6.42. The minimum absolute atomic E-state index is 0.493. The second kappa shape index (κ2) is 5.93. The van der Waals surface area contributed by atoms with Gasteiger partial charge in [0.2, 0.25) is 0 Å². The first-order valence-electron chi connectivity index (χ1n) is 7.14. The summed E-state index contributed by atoms with van der Waals surface area (Å²) in [7, 11) is 0. The highest BCUT2D eigenvalue weighted by Crippen LogP contribution is 2.37. The molecule has 1 aliphatic rings. The molecule has 0 amide bonds. The molecule has 1 atom stereocenters. The van der Waals surface area contributed by atoms with Crippen molar-refractivity contribution in [1.82, 2.24) is 5.32 Å². The molecule has 0 bridgehead atoms. The fourth-order valence-electron chi connectivity index (χ4n) is 3.05. The van der Waals surface area contributed by atoms with Crippen LogP contribution in [-0.4, -0.2) is 0 Å². The van der Waals surface area contributed by atoms with Gasteiger partial charge < -0.3 is 9.73 Å². The van der Waals surface area contributed by atoms with Crippen molar-refractivity contribution in [2.75, 3.05) is 0 Å². The number of furan rings is 1. The van der Waals surface area contributed by atoms with E-state index in [0.717, 1.165) is 18.2 Å². The Bertz CT molecular complexity index is 497. The first kappa shape index (κ1) is 12.9. The lowest BCUT2D eigenvalue weighted by molar-refractivity contribution is 0.353. The summed E-state index contributed by atoms with van der Waals surface area (Å²) >= 11 is 1.87. The van der Waals surface area contributed by atoms with Gasteiger partial charge in [-0.25, -0.2) is 0 Å². The third-order valence-electron chi connectivity index (χ3n) is 4.17. The maximum absolute atomic E-state index is 5.54. The lowest BCUT2D eigenvalue weighted by atomic mass is 9.96. The maximum atomic E-state index is 5.54. The molecule has 2 aromatic rings. The summed E-state index contributed by atoms with van der Waals surface area (Å²) in [4.78, 5) is 1.47. The van der Waals surface area contributed by atoms with E-state index in [9.17, 15) is 0 Å². The largest absolute Gasteiger partial charge is 0.468 e. The van der Waals surface area contributed by atoms with Crippen molar-refractivity contribution in [2.45, 2.75) is 45.2 Å². The van der Waals surface area contributed by atoms with Crippen molar-refractivity contribution in [3.8, 4) is 0 Å². The molecule has 1 unspecified atom stereocenters. The van der Waals surface area contributed by atoms with Crippen molar-refractivity contribution in [2.24, 2.45) is 5.92 Å². The maximum Gasteiger partial charge on any atom is 0.120 e. The van der Waals surface area contributed by atoms with Crippen LogP contribution < -0.4 is 5.32 Å². The van der Waals surface area contributed by atoms with Crippen LogP contribution in [0.25, 0.3) is 0 Å². The van der Waals surface area contributed by atoms with Crippen LogP contribution in [-0.2, 0) is 6.54 Å². The summed E-state index contributed by atoms with van der Waals surface area (Å²) in [6.45, 7) is 2.94. The molecule has 19 heavy (non-hydrogen) atoms. The first-order valence-corrected chi connectivity index (χ1v) is 8.02. The third-order valence-corrected chi connectivity index (χ3v) is 5.13. The van der Waals surface area contributed by atoms with E-state index in [2.05, 4.69) is 29.8 Å². The van der Waals surface area contributed by atoms with E-state index >= 15 is 0 Å². The van der Waals surface area contributed by atoms with Crippen LogP contribution in [0.1, 0.15) is 47.9 Å². The Kier molecular flexibility index (Phi) is 4.04. The van der Waals surface area contributed by atoms with Crippen molar-refractivity contribution < 1.29 is 4.42 Å². The molecule has 1 aliphatic carbocycles. The lowest BCUT2D eigenvalue weighted by Crippen LogP contribution is -2.26. The Morgan fingerprint density at radius 2 is 2.21 bits per heavy atom. The molecule has 0 aliphatic heterocycles. The van der Waals surface area contributed by atoms with Crippen LogP contribution in [0.3, 0.4) is 0 Å². The van der Waals surface area contributed by atoms with E-state index in [0.29, 0.717) is 6.04 Å². The molecule has 0 saturated heterocycles. The first-order chi connectivity index (χ1) is 9.34. The second-order valence-electron chi connectivity index (χ2n) is 5.45. The van der Waals surface area contributed by atoms with E-state index in [1.807, 2.05) is 17.4 Å². The molecule has 3 rings (SSSR count). The minimum Gasteiger partial charge on any atom is -0.468 e. The van der Waals surface area contributed by atoms with Crippen molar-refractivity contribution in [1.29, 1.82) is 0 Å². The third kappa shape index (κ3) is 2.93. The van der Waals surface area contributed by atoms with E-state index < -0.39 is 0 Å². The monoisotopic (exact) mass is 275 g/mol. The van der Waals surface area contributed by atoms with E-state index in [1.165, 1.54) is 36.1 Å². The van der Waals surface area contributed by atoms with Gasteiger partial charge in [0, 0.05) is 10.9 Å². The van der Waals surface area contributed by atoms with Gasteiger partial charge in [-0.1, -0.05) is 18.9 Å². The topological polar surface area (TPSA) is 25.2 Å². The Hall–Kier alpha value is -1.06. The SMILES string of the molecule is Cc1ccoc1CNC(c1cccs1)C1CCCC1. The summed E-state index contributed by atoms with van der Waals surface area (Å²) in [6, 6.07) is 6.94. The average Bonchev–Trinajstić information content (AvgIpc) is 3.13. The molecule has 2 nitrogen and oxygen atoms in total. The van der Waals surface area contributed by atoms with Gasteiger partial charge in [-0.3, -0.25) is 0 Å². The van der Waals surface area contributed by atoms with Crippen LogP contribution in [0.2, 0.25) is 0 Å². The molecule has 102 valence electrons. The number of nitrogens with one attached hydrogen (secondary N) is 1. The molecule has 2 heterocycles. The van der Waals surface area contributed by atoms with E-state index in [4.69, 9.17) is 4.42 Å². The zero-order valence-corrected chi connectivity index (χ0v) is 12.2. The summed E-state index contributed by atoms with van der Waals surface area (Å²) in [6.07, 6.45) is 7.25. The molecule has 0 radical (unpaired) electrons.